The van der Waals surface area contributed by atoms with Gasteiger partial charge in [0.15, 0.2) is 0 Å². The maximum atomic E-state index is 12.5. The highest BCUT2D eigenvalue weighted by Crippen LogP contribution is 2.22. The number of carbonyl (C=O) groups is 1. The van der Waals surface area contributed by atoms with E-state index in [9.17, 15) is 4.79 Å². The molecule has 2 atom stereocenters. The van der Waals surface area contributed by atoms with Crippen molar-refractivity contribution in [2.24, 2.45) is 0 Å². The molecule has 1 saturated heterocycles. The molecule has 0 radical (unpaired) electrons. The van der Waals surface area contributed by atoms with Crippen LogP contribution in [0, 0.1) is 13.8 Å². The molecular weight excluding hydrogens is 308 g/mol. The zero-order chi connectivity index (χ0) is 17.1. The molecule has 2 aromatic heterocycles. The lowest BCUT2D eigenvalue weighted by molar-refractivity contribution is 0.184. The lowest BCUT2D eigenvalue weighted by atomic mass is 10.1. The van der Waals surface area contributed by atoms with Crippen molar-refractivity contribution in [2.75, 3.05) is 13.1 Å². The minimum Gasteiger partial charge on any atom is -0.487 e. The number of rotatable bonds is 4. The number of hydrogen-bond donors (Lipinski definition) is 1. The largest absolute Gasteiger partial charge is 0.487 e. The Hall–Kier alpha value is -2.57. The molecule has 0 saturated carbocycles. The summed E-state index contributed by atoms with van der Waals surface area (Å²) in [5.74, 6) is 1.47. The lowest BCUT2D eigenvalue weighted by Crippen LogP contribution is -2.40. The van der Waals surface area contributed by atoms with Crippen LogP contribution in [0.5, 0.6) is 5.75 Å². The van der Waals surface area contributed by atoms with E-state index in [1.54, 1.807) is 17.3 Å². The van der Waals surface area contributed by atoms with Gasteiger partial charge in [-0.25, -0.2) is 4.79 Å². The van der Waals surface area contributed by atoms with Gasteiger partial charge >= 0.3 is 6.03 Å². The number of ether oxygens (including phenoxy) is 1. The smallest absolute Gasteiger partial charge is 0.318 e. The average molecular weight is 330 g/mol. The molecule has 3 rings (SSSR count). The predicted molar refractivity (Wildman–Crippen MR) is 87.8 cm³/mol. The van der Waals surface area contributed by atoms with Gasteiger partial charge in [0, 0.05) is 24.7 Å². The third-order valence-electron chi connectivity index (χ3n) is 4.23. The number of amides is 2. The number of likely N-dealkylation sites (tertiary alicyclic amines) is 1. The maximum Gasteiger partial charge on any atom is 0.318 e. The minimum atomic E-state index is -0.151. The second-order valence-corrected chi connectivity index (χ2v) is 6.07. The van der Waals surface area contributed by atoms with Gasteiger partial charge in [0.05, 0.1) is 24.5 Å². The van der Waals surface area contributed by atoms with Crippen molar-refractivity contribution >= 4 is 6.03 Å². The van der Waals surface area contributed by atoms with E-state index in [2.05, 4.69) is 15.5 Å². The van der Waals surface area contributed by atoms with Crippen molar-refractivity contribution in [3.8, 4) is 5.75 Å². The van der Waals surface area contributed by atoms with Gasteiger partial charge in [-0.15, -0.1) is 0 Å². The van der Waals surface area contributed by atoms with Gasteiger partial charge in [-0.05, 0) is 32.9 Å². The summed E-state index contributed by atoms with van der Waals surface area (Å²) >= 11 is 0. The van der Waals surface area contributed by atoms with E-state index in [0.717, 1.165) is 29.2 Å². The first kappa shape index (κ1) is 16.3. The number of pyridine rings is 1. The topological polar surface area (TPSA) is 80.5 Å². The Bertz CT molecular complexity index is 682. The van der Waals surface area contributed by atoms with Crippen molar-refractivity contribution in [3.05, 3.63) is 41.5 Å². The molecule has 0 aliphatic carbocycles. The molecule has 7 nitrogen and oxygen atoms in total. The van der Waals surface area contributed by atoms with Crippen LogP contribution in [0.15, 0.2) is 29.0 Å². The maximum absolute atomic E-state index is 12.5. The Morgan fingerprint density at radius 2 is 2.33 bits per heavy atom. The van der Waals surface area contributed by atoms with E-state index < -0.39 is 0 Å². The Morgan fingerprint density at radius 3 is 3.00 bits per heavy atom. The Kier molecular flexibility index (Phi) is 4.69. The van der Waals surface area contributed by atoms with Gasteiger partial charge in [0.25, 0.3) is 0 Å². The van der Waals surface area contributed by atoms with Crippen LogP contribution in [0.1, 0.15) is 36.4 Å². The third-order valence-corrected chi connectivity index (χ3v) is 4.23. The van der Waals surface area contributed by atoms with Crippen molar-refractivity contribution in [2.45, 2.75) is 39.3 Å². The van der Waals surface area contributed by atoms with Gasteiger partial charge in [-0.2, -0.15) is 0 Å². The SMILES string of the molecule is Cc1noc(C)c1[C@@H](C)NC(=O)N1CC[C@@H](Oc2cccnc2)C1. The highest BCUT2D eigenvalue weighted by atomic mass is 16.5. The second-order valence-electron chi connectivity index (χ2n) is 6.07. The molecule has 1 N–H and O–H groups in total. The van der Waals surface area contributed by atoms with Gasteiger partial charge in [0.2, 0.25) is 0 Å². The lowest BCUT2D eigenvalue weighted by Gasteiger charge is -2.21. The molecule has 7 heteroatoms. The third kappa shape index (κ3) is 3.50. The summed E-state index contributed by atoms with van der Waals surface area (Å²) in [6.07, 6.45) is 4.19. The molecule has 1 aliphatic rings. The van der Waals surface area contributed by atoms with Gasteiger partial charge in [-0.3, -0.25) is 4.98 Å². The minimum absolute atomic E-state index is 0.00526. The number of nitrogens with one attached hydrogen (secondary N) is 1. The first-order valence-electron chi connectivity index (χ1n) is 8.09. The predicted octanol–water partition coefficient (Wildman–Crippen LogP) is 2.61. The summed E-state index contributed by atoms with van der Waals surface area (Å²) in [6, 6.07) is 3.46. The quantitative estimate of drug-likeness (QED) is 0.932. The molecule has 0 spiro atoms. The van der Waals surface area contributed by atoms with Gasteiger partial charge < -0.3 is 19.5 Å². The van der Waals surface area contributed by atoms with Gasteiger partial charge in [0.1, 0.15) is 17.6 Å². The summed E-state index contributed by atoms with van der Waals surface area (Å²) in [6.45, 7) is 6.90. The average Bonchev–Trinajstić information content (AvgIpc) is 3.15. The van der Waals surface area contributed by atoms with Crippen molar-refractivity contribution < 1.29 is 14.1 Å². The second kappa shape index (κ2) is 6.90. The number of urea groups is 1. The number of nitrogens with zero attached hydrogens (tertiary/aromatic N) is 3. The molecule has 24 heavy (non-hydrogen) atoms. The summed E-state index contributed by atoms with van der Waals surface area (Å²) in [5, 5.41) is 6.94. The van der Waals surface area contributed by atoms with E-state index in [0.29, 0.717) is 13.1 Å². The van der Waals surface area contributed by atoms with E-state index in [-0.39, 0.29) is 18.2 Å². The molecule has 128 valence electrons. The first-order valence-corrected chi connectivity index (χ1v) is 8.09. The zero-order valence-electron chi connectivity index (χ0n) is 14.2. The summed E-state index contributed by atoms with van der Waals surface area (Å²) in [4.78, 5) is 18.3. The Balaban J connectivity index is 1.55. The van der Waals surface area contributed by atoms with Crippen LogP contribution in [-0.2, 0) is 0 Å². The monoisotopic (exact) mass is 330 g/mol. The van der Waals surface area contributed by atoms with Crippen LogP contribution in [0.4, 0.5) is 4.79 Å². The molecule has 2 amide bonds. The van der Waals surface area contributed by atoms with Gasteiger partial charge in [-0.1, -0.05) is 5.16 Å². The summed E-state index contributed by atoms with van der Waals surface area (Å²) < 4.78 is 11.0. The fourth-order valence-electron chi connectivity index (χ4n) is 3.08. The molecule has 3 heterocycles. The standard InChI is InChI=1S/C17H22N4O3/c1-11(16-12(2)20-24-13(16)3)19-17(22)21-8-6-15(10-21)23-14-5-4-7-18-9-14/h4-5,7,9,11,15H,6,8,10H2,1-3H3,(H,19,22)/t11-,15-/m1/s1. The molecule has 0 aromatic carbocycles. The molecule has 0 bridgehead atoms. The summed E-state index contributed by atoms with van der Waals surface area (Å²) in [7, 11) is 0. The molecule has 2 aromatic rings. The van der Waals surface area contributed by atoms with Crippen LogP contribution in [-0.4, -0.2) is 40.3 Å². The highest BCUT2D eigenvalue weighted by Gasteiger charge is 2.29. The van der Waals surface area contributed by atoms with Crippen molar-refractivity contribution in [1.82, 2.24) is 20.4 Å². The highest BCUT2D eigenvalue weighted by molar-refractivity contribution is 5.75. The Morgan fingerprint density at radius 1 is 1.50 bits per heavy atom. The molecule has 1 fully saturated rings. The van der Waals surface area contributed by atoms with Crippen LogP contribution in [0.2, 0.25) is 0 Å². The number of aryl methyl sites for hydroxylation is 2. The molecular formula is C17H22N4O3. The van der Waals surface area contributed by atoms with E-state index in [4.69, 9.17) is 9.26 Å². The number of carbonyl (C=O) groups excluding carboxylic acids is 1. The zero-order valence-corrected chi connectivity index (χ0v) is 14.2. The summed E-state index contributed by atoms with van der Waals surface area (Å²) in [5.41, 5.74) is 1.74. The number of aromatic nitrogens is 2. The molecule has 0 unspecified atom stereocenters. The normalized spacial score (nSPS) is 18.5. The fraction of sp³-hybridized carbons (Fsp3) is 0.471. The van der Waals surface area contributed by atoms with E-state index in [1.165, 1.54) is 0 Å². The Labute approximate surface area is 141 Å². The van der Waals surface area contributed by atoms with Crippen LogP contribution in [0.25, 0.3) is 0 Å². The van der Waals surface area contributed by atoms with Crippen molar-refractivity contribution in [1.29, 1.82) is 0 Å². The first-order chi connectivity index (χ1) is 11.5. The van der Waals surface area contributed by atoms with Crippen LogP contribution in [0.3, 0.4) is 0 Å². The number of hydrogen-bond acceptors (Lipinski definition) is 5. The van der Waals surface area contributed by atoms with Crippen molar-refractivity contribution in [3.63, 3.8) is 0 Å². The van der Waals surface area contributed by atoms with E-state index >= 15 is 0 Å². The van der Waals surface area contributed by atoms with E-state index in [1.807, 2.05) is 32.9 Å². The fourth-order valence-corrected chi connectivity index (χ4v) is 3.08. The molecule has 1 aliphatic heterocycles. The van der Waals surface area contributed by atoms with Crippen LogP contribution < -0.4 is 10.1 Å². The van der Waals surface area contributed by atoms with Crippen LogP contribution >= 0.6 is 0 Å².